The van der Waals surface area contributed by atoms with Crippen LogP contribution in [0.4, 0.5) is 0 Å². The number of aromatic nitrogens is 2. The van der Waals surface area contributed by atoms with E-state index in [-0.39, 0.29) is 17.0 Å². The van der Waals surface area contributed by atoms with Crippen LogP contribution in [0.1, 0.15) is 39.1 Å². The van der Waals surface area contributed by atoms with Gasteiger partial charge in [0.05, 0.1) is 35.0 Å². The van der Waals surface area contributed by atoms with Crippen LogP contribution in [0.5, 0.6) is 0 Å². The molecule has 1 atom stereocenters. The number of nitrogens with zero attached hydrogens (tertiary/aromatic N) is 3. The maximum Gasteiger partial charge on any atom is 0.261 e. The zero-order valence-electron chi connectivity index (χ0n) is 19.4. The summed E-state index contributed by atoms with van der Waals surface area (Å²) in [6.45, 7) is 6.80. The van der Waals surface area contributed by atoms with Crippen molar-refractivity contribution >= 4 is 36.9 Å². The van der Waals surface area contributed by atoms with E-state index in [1.165, 1.54) is 8.87 Å². The molecule has 2 aromatic carbocycles. The third-order valence-electron chi connectivity index (χ3n) is 5.56. The SMILES string of the molecule is COCCn1c(C(C)N(CCC(C)C)S(=O)(=O)c2ccc(Br)cc2)nc2ccccc2c1=O. The highest BCUT2D eigenvalue weighted by molar-refractivity contribution is 9.10. The summed E-state index contributed by atoms with van der Waals surface area (Å²) < 4.78 is 36.4. The minimum Gasteiger partial charge on any atom is -0.383 e. The Labute approximate surface area is 203 Å². The first kappa shape index (κ1) is 25.6. The minimum atomic E-state index is -3.84. The molecule has 9 heteroatoms. The summed E-state index contributed by atoms with van der Waals surface area (Å²) in [5.41, 5.74) is 0.340. The number of ether oxygens (including phenoxy) is 1. The minimum absolute atomic E-state index is 0.202. The predicted molar refractivity (Wildman–Crippen MR) is 134 cm³/mol. The Kier molecular flexibility index (Phi) is 8.44. The lowest BCUT2D eigenvalue weighted by Crippen LogP contribution is -2.39. The molecular weight excluding hydrogens is 506 g/mol. The Hall–Kier alpha value is -2.07. The number of halogens is 1. The molecular formula is C24H30BrN3O4S. The first-order chi connectivity index (χ1) is 15.7. The van der Waals surface area contributed by atoms with Crippen molar-refractivity contribution in [3.05, 3.63) is 69.2 Å². The molecule has 178 valence electrons. The molecule has 0 spiro atoms. The van der Waals surface area contributed by atoms with Crippen molar-refractivity contribution in [3.63, 3.8) is 0 Å². The van der Waals surface area contributed by atoms with E-state index < -0.39 is 16.1 Å². The molecule has 0 saturated heterocycles. The quantitative estimate of drug-likeness (QED) is 0.378. The number of fused-ring (bicyclic) bond motifs is 1. The van der Waals surface area contributed by atoms with Crippen LogP contribution in [-0.4, -0.2) is 42.5 Å². The van der Waals surface area contributed by atoms with E-state index in [0.717, 1.165) is 4.47 Å². The molecule has 33 heavy (non-hydrogen) atoms. The Bertz CT molecular complexity index is 1260. The molecule has 0 saturated carbocycles. The van der Waals surface area contributed by atoms with Crippen LogP contribution in [0.2, 0.25) is 0 Å². The molecule has 7 nitrogen and oxygen atoms in total. The van der Waals surface area contributed by atoms with Gasteiger partial charge >= 0.3 is 0 Å². The molecule has 0 radical (unpaired) electrons. The summed E-state index contributed by atoms with van der Waals surface area (Å²) in [5.74, 6) is 0.709. The number of rotatable bonds is 10. The van der Waals surface area contributed by atoms with Gasteiger partial charge in [-0.2, -0.15) is 4.31 Å². The third kappa shape index (κ3) is 5.71. The number of methoxy groups -OCH3 is 1. The molecule has 1 heterocycles. The van der Waals surface area contributed by atoms with Gasteiger partial charge in [0.1, 0.15) is 5.82 Å². The second-order valence-electron chi connectivity index (χ2n) is 8.36. The maximum absolute atomic E-state index is 13.7. The van der Waals surface area contributed by atoms with E-state index in [4.69, 9.17) is 9.72 Å². The maximum atomic E-state index is 13.7. The molecule has 0 amide bonds. The van der Waals surface area contributed by atoms with Crippen LogP contribution in [0.3, 0.4) is 0 Å². The molecule has 3 rings (SSSR count). The van der Waals surface area contributed by atoms with Crippen LogP contribution >= 0.6 is 15.9 Å². The summed E-state index contributed by atoms with van der Waals surface area (Å²) in [4.78, 5) is 18.3. The normalized spacial score (nSPS) is 13.2. The van der Waals surface area contributed by atoms with Crippen molar-refractivity contribution in [1.82, 2.24) is 13.9 Å². The lowest BCUT2D eigenvalue weighted by atomic mass is 10.1. The van der Waals surface area contributed by atoms with Crippen molar-refractivity contribution in [2.45, 2.75) is 44.7 Å². The molecule has 3 aromatic rings. The van der Waals surface area contributed by atoms with Crippen LogP contribution in [0.25, 0.3) is 10.9 Å². The number of para-hydroxylation sites is 1. The largest absolute Gasteiger partial charge is 0.383 e. The van der Waals surface area contributed by atoms with E-state index >= 15 is 0 Å². The molecule has 0 aliphatic carbocycles. The average Bonchev–Trinajstić information content (AvgIpc) is 2.78. The van der Waals surface area contributed by atoms with E-state index in [1.807, 2.05) is 6.07 Å². The number of hydrogen-bond acceptors (Lipinski definition) is 5. The lowest BCUT2D eigenvalue weighted by Gasteiger charge is -2.30. The first-order valence-corrected chi connectivity index (χ1v) is 13.2. The highest BCUT2D eigenvalue weighted by atomic mass is 79.9. The topological polar surface area (TPSA) is 81.5 Å². The molecule has 0 fully saturated rings. The van der Waals surface area contributed by atoms with Gasteiger partial charge in [0.15, 0.2) is 0 Å². The Balaban J connectivity index is 2.16. The Morgan fingerprint density at radius 3 is 2.39 bits per heavy atom. The Morgan fingerprint density at radius 1 is 1.09 bits per heavy atom. The van der Waals surface area contributed by atoms with Crippen molar-refractivity contribution in [2.75, 3.05) is 20.3 Å². The van der Waals surface area contributed by atoms with Crippen molar-refractivity contribution in [3.8, 4) is 0 Å². The van der Waals surface area contributed by atoms with Gasteiger partial charge in [0.25, 0.3) is 5.56 Å². The van der Waals surface area contributed by atoms with Crippen molar-refractivity contribution < 1.29 is 13.2 Å². The number of sulfonamides is 1. The summed E-state index contributed by atoms with van der Waals surface area (Å²) in [6.07, 6.45) is 0.677. The van der Waals surface area contributed by atoms with E-state index in [1.54, 1.807) is 56.5 Å². The van der Waals surface area contributed by atoms with Gasteiger partial charge in [-0.1, -0.05) is 41.9 Å². The molecule has 0 aliphatic heterocycles. The fraction of sp³-hybridized carbons (Fsp3) is 0.417. The number of hydrogen-bond donors (Lipinski definition) is 0. The van der Waals surface area contributed by atoms with E-state index in [0.29, 0.717) is 42.2 Å². The van der Waals surface area contributed by atoms with Crippen LogP contribution < -0.4 is 5.56 Å². The van der Waals surface area contributed by atoms with Crippen molar-refractivity contribution in [1.29, 1.82) is 0 Å². The molecule has 0 aliphatic rings. The predicted octanol–water partition coefficient (Wildman–Crippen LogP) is 4.60. The van der Waals surface area contributed by atoms with Gasteiger partial charge in [0, 0.05) is 18.1 Å². The number of benzene rings is 2. The highest BCUT2D eigenvalue weighted by Crippen LogP contribution is 2.29. The van der Waals surface area contributed by atoms with Gasteiger partial charge in [-0.15, -0.1) is 0 Å². The monoisotopic (exact) mass is 535 g/mol. The lowest BCUT2D eigenvalue weighted by molar-refractivity contribution is 0.182. The van der Waals surface area contributed by atoms with E-state index in [2.05, 4.69) is 29.8 Å². The molecule has 0 bridgehead atoms. The van der Waals surface area contributed by atoms with Gasteiger partial charge < -0.3 is 4.74 Å². The summed E-state index contributed by atoms with van der Waals surface area (Å²) in [5, 5.41) is 0.494. The Morgan fingerprint density at radius 2 is 1.76 bits per heavy atom. The van der Waals surface area contributed by atoms with Crippen LogP contribution in [0, 0.1) is 5.92 Å². The average molecular weight is 536 g/mol. The summed E-state index contributed by atoms with van der Waals surface area (Å²) >= 11 is 3.36. The van der Waals surface area contributed by atoms with Crippen molar-refractivity contribution in [2.24, 2.45) is 5.92 Å². The zero-order chi connectivity index (χ0) is 24.2. The highest BCUT2D eigenvalue weighted by Gasteiger charge is 2.32. The molecule has 1 unspecified atom stereocenters. The summed E-state index contributed by atoms with van der Waals surface area (Å²) in [7, 11) is -2.27. The molecule has 1 aromatic heterocycles. The van der Waals surface area contributed by atoms with Crippen LogP contribution in [0.15, 0.2) is 62.7 Å². The first-order valence-electron chi connectivity index (χ1n) is 10.9. The third-order valence-corrected chi connectivity index (χ3v) is 8.08. The second-order valence-corrected chi connectivity index (χ2v) is 11.2. The second kappa shape index (κ2) is 10.9. The smallest absolute Gasteiger partial charge is 0.261 e. The van der Waals surface area contributed by atoms with Gasteiger partial charge in [0.2, 0.25) is 10.0 Å². The van der Waals surface area contributed by atoms with Gasteiger partial charge in [-0.3, -0.25) is 9.36 Å². The van der Waals surface area contributed by atoms with Gasteiger partial charge in [-0.05, 0) is 55.7 Å². The zero-order valence-corrected chi connectivity index (χ0v) is 21.8. The van der Waals surface area contributed by atoms with E-state index in [9.17, 15) is 13.2 Å². The fourth-order valence-corrected chi connectivity index (χ4v) is 5.55. The van der Waals surface area contributed by atoms with Crippen LogP contribution in [-0.2, 0) is 21.3 Å². The van der Waals surface area contributed by atoms with Gasteiger partial charge in [-0.25, -0.2) is 13.4 Å². The fourth-order valence-electron chi connectivity index (χ4n) is 3.68. The standard InChI is InChI=1S/C24H30BrN3O4S/c1-17(2)13-14-28(33(30,31)20-11-9-19(25)10-12-20)18(3)23-26-22-8-6-5-7-21(22)24(29)27(23)15-16-32-4/h5-12,17-18H,13-16H2,1-4H3. The summed E-state index contributed by atoms with van der Waals surface area (Å²) in [6, 6.07) is 13.0. The molecule has 0 N–H and O–H groups in total.